The van der Waals surface area contributed by atoms with Crippen molar-refractivity contribution >= 4 is 12.4 Å². The van der Waals surface area contributed by atoms with Crippen molar-refractivity contribution in [3.63, 3.8) is 0 Å². The molecule has 1 fully saturated rings. The van der Waals surface area contributed by atoms with Gasteiger partial charge in [0.1, 0.15) is 0 Å². The van der Waals surface area contributed by atoms with Crippen molar-refractivity contribution in [2.45, 2.75) is 31.7 Å². The number of nitrogens with zero attached hydrogens (tertiary/aromatic N) is 1. The van der Waals surface area contributed by atoms with E-state index >= 15 is 0 Å². The third kappa shape index (κ3) is 2.04. The zero-order valence-corrected chi connectivity index (χ0v) is 9.80. The summed E-state index contributed by atoms with van der Waals surface area (Å²) in [5.74, 6) is 0. The van der Waals surface area contributed by atoms with Gasteiger partial charge >= 0.3 is 0 Å². The first-order chi connectivity index (χ1) is 6.93. The third-order valence-corrected chi connectivity index (χ3v) is 3.69. The average molecular weight is 224 g/mol. The molecular weight excluding hydrogens is 206 g/mol. The monoisotopic (exact) mass is 223 g/mol. The highest BCUT2D eigenvalue weighted by atomic mass is 35.5. The van der Waals surface area contributed by atoms with Crippen LogP contribution in [-0.4, -0.2) is 24.0 Å². The van der Waals surface area contributed by atoms with E-state index in [0.717, 1.165) is 6.04 Å². The summed E-state index contributed by atoms with van der Waals surface area (Å²) in [5.41, 5.74) is 3.17. The van der Waals surface area contributed by atoms with E-state index < -0.39 is 0 Å². The van der Waals surface area contributed by atoms with Crippen LogP contribution in [-0.2, 0) is 12.8 Å². The van der Waals surface area contributed by atoms with E-state index in [0.29, 0.717) is 0 Å². The fourth-order valence-electron chi connectivity index (χ4n) is 2.90. The molecule has 1 aromatic carbocycles. The number of hydrogen-bond acceptors (Lipinski definition) is 1. The Bertz CT molecular complexity index is 306. The van der Waals surface area contributed by atoms with E-state index in [1.807, 2.05) is 0 Å². The van der Waals surface area contributed by atoms with Crippen molar-refractivity contribution in [2.24, 2.45) is 0 Å². The van der Waals surface area contributed by atoms with Gasteiger partial charge in [-0.1, -0.05) is 24.3 Å². The summed E-state index contributed by atoms with van der Waals surface area (Å²) in [6, 6.07) is 9.75. The molecule has 0 radical (unpaired) electrons. The van der Waals surface area contributed by atoms with Crippen LogP contribution in [0, 0.1) is 0 Å². The number of rotatable bonds is 1. The quantitative estimate of drug-likeness (QED) is 0.708. The molecule has 0 aromatic heterocycles. The van der Waals surface area contributed by atoms with Gasteiger partial charge in [0.15, 0.2) is 0 Å². The molecule has 2 aliphatic rings. The van der Waals surface area contributed by atoms with E-state index in [1.54, 1.807) is 11.1 Å². The molecule has 2 heteroatoms. The molecule has 0 bridgehead atoms. The number of likely N-dealkylation sites (tertiary alicyclic amines) is 1. The summed E-state index contributed by atoms with van der Waals surface area (Å²) in [7, 11) is 0. The van der Waals surface area contributed by atoms with Crippen molar-refractivity contribution in [3.8, 4) is 0 Å². The third-order valence-electron chi connectivity index (χ3n) is 3.69. The number of benzene rings is 1. The molecule has 0 unspecified atom stereocenters. The predicted octanol–water partition coefficient (Wildman–Crippen LogP) is 2.67. The van der Waals surface area contributed by atoms with Crippen LogP contribution >= 0.6 is 12.4 Å². The molecule has 82 valence electrons. The molecular formula is C13H18ClN. The van der Waals surface area contributed by atoms with E-state index in [2.05, 4.69) is 29.2 Å². The lowest BCUT2D eigenvalue weighted by molar-refractivity contribution is 0.250. The molecule has 1 saturated heterocycles. The molecule has 1 nitrogen and oxygen atoms in total. The van der Waals surface area contributed by atoms with Crippen LogP contribution in [0.2, 0.25) is 0 Å². The Balaban J connectivity index is 0.000000853. The Kier molecular flexibility index (Phi) is 3.32. The van der Waals surface area contributed by atoms with Crippen LogP contribution in [0.1, 0.15) is 24.0 Å². The van der Waals surface area contributed by atoms with Gasteiger partial charge in [-0.05, 0) is 49.9 Å². The van der Waals surface area contributed by atoms with Crippen LogP contribution in [0.4, 0.5) is 0 Å². The molecule has 0 amide bonds. The Hall–Kier alpha value is -0.530. The topological polar surface area (TPSA) is 3.24 Å². The Morgan fingerprint density at radius 3 is 2.00 bits per heavy atom. The van der Waals surface area contributed by atoms with E-state index in [4.69, 9.17) is 0 Å². The first-order valence-electron chi connectivity index (χ1n) is 5.74. The first kappa shape index (κ1) is 11.0. The highest BCUT2D eigenvalue weighted by molar-refractivity contribution is 5.85. The first-order valence-corrected chi connectivity index (χ1v) is 5.74. The second kappa shape index (κ2) is 4.54. The predicted molar refractivity (Wildman–Crippen MR) is 65.7 cm³/mol. The Labute approximate surface area is 97.9 Å². The van der Waals surface area contributed by atoms with E-state index in [-0.39, 0.29) is 12.4 Å². The standard InChI is InChI=1S/C13H17N.ClH/c1-2-6-12-10-13(9-11(12)5-1)14-7-3-4-8-14;/h1-2,5-6,13H,3-4,7-10H2;1H. The zero-order valence-electron chi connectivity index (χ0n) is 8.98. The lowest BCUT2D eigenvalue weighted by Gasteiger charge is -2.22. The number of halogens is 1. The molecule has 15 heavy (non-hydrogen) atoms. The summed E-state index contributed by atoms with van der Waals surface area (Å²) in [5, 5.41) is 0. The van der Waals surface area contributed by atoms with Gasteiger partial charge in [0.2, 0.25) is 0 Å². The maximum absolute atomic E-state index is 2.68. The Morgan fingerprint density at radius 2 is 1.47 bits per heavy atom. The van der Waals surface area contributed by atoms with E-state index in [1.165, 1.54) is 38.8 Å². The molecule has 1 aliphatic carbocycles. The van der Waals surface area contributed by atoms with Crippen LogP contribution in [0.3, 0.4) is 0 Å². The molecule has 0 atom stereocenters. The van der Waals surface area contributed by atoms with Gasteiger partial charge in [0, 0.05) is 6.04 Å². The summed E-state index contributed by atoms with van der Waals surface area (Å²) in [6.07, 6.45) is 5.39. The largest absolute Gasteiger partial charge is 0.300 e. The fourth-order valence-corrected chi connectivity index (χ4v) is 2.90. The zero-order chi connectivity index (χ0) is 9.38. The smallest absolute Gasteiger partial charge is 0.0176 e. The summed E-state index contributed by atoms with van der Waals surface area (Å²) >= 11 is 0. The molecule has 0 saturated carbocycles. The van der Waals surface area contributed by atoms with Gasteiger partial charge in [0.25, 0.3) is 0 Å². The number of hydrogen-bond donors (Lipinski definition) is 0. The van der Waals surface area contributed by atoms with Crippen LogP contribution in [0.25, 0.3) is 0 Å². The van der Waals surface area contributed by atoms with Crippen molar-refractivity contribution in [3.05, 3.63) is 35.4 Å². The molecule has 3 rings (SSSR count). The SMILES string of the molecule is Cl.c1ccc2c(c1)CC(N1CCCC1)C2. The molecule has 0 spiro atoms. The van der Waals surface area contributed by atoms with Crippen molar-refractivity contribution in [1.29, 1.82) is 0 Å². The van der Waals surface area contributed by atoms with Crippen molar-refractivity contribution < 1.29 is 0 Å². The van der Waals surface area contributed by atoms with Gasteiger partial charge in [-0.2, -0.15) is 0 Å². The summed E-state index contributed by atoms with van der Waals surface area (Å²) < 4.78 is 0. The highest BCUT2D eigenvalue weighted by Crippen LogP contribution is 2.27. The minimum Gasteiger partial charge on any atom is -0.300 e. The van der Waals surface area contributed by atoms with Gasteiger partial charge in [-0.15, -0.1) is 12.4 Å². The summed E-state index contributed by atoms with van der Waals surface area (Å²) in [6.45, 7) is 2.66. The minimum atomic E-state index is 0. The van der Waals surface area contributed by atoms with Crippen LogP contribution in [0.5, 0.6) is 0 Å². The van der Waals surface area contributed by atoms with Gasteiger partial charge in [0.05, 0.1) is 0 Å². The highest BCUT2D eigenvalue weighted by Gasteiger charge is 2.27. The van der Waals surface area contributed by atoms with Gasteiger partial charge < -0.3 is 0 Å². The van der Waals surface area contributed by atoms with Crippen molar-refractivity contribution in [2.75, 3.05) is 13.1 Å². The van der Waals surface area contributed by atoms with E-state index in [9.17, 15) is 0 Å². The van der Waals surface area contributed by atoms with Crippen molar-refractivity contribution in [1.82, 2.24) is 4.90 Å². The molecule has 1 aromatic rings. The molecule has 0 N–H and O–H groups in total. The number of fused-ring (bicyclic) bond motifs is 1. The second-order valence-electron chi connectivity index (χ2n) is 4.57. The lowest BCUT2D eigenvalue weighted by atomic mass is 10.1. The van der Waals surface area contributed by atoms with Gasteiger partial charge in [-0.25, -0.2) is 0 Å². The summed E-state index contributed by atoms with van der Waals surface area (Å²) in [4.78, 5) is 2.68. The minimum absolute atomic E-state index is 0. The second-order valence-corrected chi connectivity index (χ2v) is 4.57. The van der Waals surface area contributed by atoms with Crippen LogP contribution in [0.15, 0.2) is 24.3 Å². The molecule has 1 heterocycles. The van der Waals surface area contributed by atoms with Crippen LogP contribution < -0.4 is 0 Å². The van der Waals surface area contributed by atoms with Gasteiger partial charge in [-0.3, -0.25) is 4.90 Å². The fraction of sp³-hybridized carbons (Fsp3) is 0.538. The maximum Gasteiger partial charge on any atom is 0.0176 e. The normalized spacial score (nSPS) is 21.3. The average Bonchev–Trinajstić information content (AvgIpc) is 2.86. The molecule has 1 aliphatic heterocycles. The Morgan fingerprint density at radius 1 is 0.933 bits per heavy atom. The lowest BCUT2D eigenvalue weighted by Crippen LogP contribution is -2.33. The maximum atomic E-state index is 2.68.